The standard InChI is InChI=1S/C25H27FN4/c26-21-8-2-4-18(13-21)5-3-9-25-27-11-10-24(29-25)20-7-1-6-19(12-20)16-30-17-22-14-23(30)15-28-22/h1-2,4,6-8,10-13,22-23,28H,3,5,9,14-17H2. The highest BCUT2D eigenvalue weighted by atomic mass is 19.1. The van der Waals surface area contributed by atoms with Crippen molar-refractivity contribution in [1.29, 1.82) is 0 Å². The molecule has 4 nitrogen and oxygen atoms in total. The Bertz CT molecular complexity index is 1020. The molecule has 1 aromatic heterocycles. The summed E-state index contributed by atoms with van der Waals surface area (Å²) in [6.07, 6.45) is 5.64. The summed E-state index contributed by atoms with van der Waals surface area (Å²) in [5, 5.41) is 3.57. The highest BCUT2D eigenvalue weighted by Gasteiger charge is 2.37. The minimum Gasteiger partial charge on any atom is -0.311 e. The lowest BCUT2D eigenvalue weighted by Gasteiger charge is -2.27. The summed E-state index contributed by atoms with van der Waals surface area (Å²) in [4.78, 5) is 11.8. The quantitative estimate of drug-likeness (QED) is 0.649. The van der Waals surface area contributed by atoms with E-state index >= 15 is 0 Å². The van der Waals surface area contributed by atoms with Crippen LogP contribution in [0.2, 0.25) is 0 Å². The Balaban J connectivity index is 1.23. The molecule has 0 saturated carbocycles. The average molecular weight is 403 g/mol. The largest absolute Gasteiger partial charge is 0.311 e. The van der Waals surface area contributed by atoms with Gasteiger partial charge in [-0.3, -0.25) is 4.90 Å². The fourth-order valence-corrected chi connectivity index (χ4v) is 4.73. The smallest absolute Gasteiger partial charge is 0.128 e. The molecule has 5 heteroatoms. The van der Waals surface area contributed by atoms with Gasteiger partial charge >= 0.3 is 0 Å². The second kappa shape index (κ2) is 8.62. The first-order valence-electron chi connectivity index (χ1n) is 10.9. The number of fused-ring (bicyclic) bond motifs is 2. The fraction of sp³-hybridized carbons (Fsp3) is 0.360. The van der Waals surface area contributed by atoms with Crippen molar-refractivity contribution in [3.63, 3.8) is 0 Å². The number of hydrogen-bond acceptors (Lipinski definition) is 4. The van der Waals surface area contributed by atoms with E-state index in [9.17, 15) is 4.39 Å². The van der Waals surface area contributed by atoms with Crippen LogP contribution in [0, 0.1) is 5.82 Å². The zero-order chi connectivity index (χ0) is 20.3. The number of rotatable bonds is 7. The lowest BCUT2D eigenvalue weighted by atomic mass is 10.1. The SMILES string of the molecule is Fc1cccc(CCCc2nccc(-c3cccc(CN4CC5CC4CN5)c3)n2)c1. The molecule has 5 rings (SSSR count). The number of aromatic nitrogens is 2. The van der Waals surface area contributed by atoms with Crippen molar-refractivity contribution in [2.24, 2.45) is 0 Å². The molecule has 2 unspecified atom stereocenters. The van der Waals surface area contributed by atoms with Crippen LogP contribution in [-0.2, 0) is 19.4 Å². The summed E-state index contributed by atoms with van der Waals surface area (Å²) < 4.78 is 13.3. The molecule has 0 aliphatic carbocycles. The third-order valence-corrected chi connectivity index (χ3v) is 6.24. The second-order valence-electron chi connectivity index (χ2n) is 8.47. The highest BCUT2D eigenvalue weighted by molar-refractivity contribution is 5.59. The van der Waals surface area contributed by atoms with Crippen LogP contribution in [0.25, 0.3) is 11.3 Å². The van der Waals surface area contributed by atoms with Gasteiger partial charge in [0.25, 0.3) is 0 Å². The van der Waals surface area contributed by atoms with Crippen LogP contribution in [0.4, 0.5) is 4.39 Å². The van der Waals surface area contributed by atoms with Gasteiger partial charge in [-0.05, 0) is 54.7 Å². The van der Waals surface area contributed by atoms with Gasteiger partial charge in [-0.2, -0.15) is 0 Å². The Morgan fingerprint density at radius 2 is 1.93 bits per heavy atom. The number of benzene rings is 2. The topological polar surface area (TPSA) is 41.1 Å². The van der Waals surface area contributed by atoms with Crippen LogP contribution in [0.15, 0.2) is 60.8 Å². The van der Waals surface area contributed by atoms with Crippen molar-refractivity contribution in [2.45, 2.75) is 44.3 Å². The maximum Gasteiger partial charge on any atom is 0.128 e. The van der Waals surface area contributed by atoms with Crippen molar-refractivity contribution in [3.8, 4) is 11.3 Å². The van der Waals surface area contributed by atoms with Crippen LogP contribution in [0.3, 0.4) is 0 Å². The normalized spacial score (nSPS) is 20.7. The number of aryl methyl sites for hydroxylation is 2. The number of hydrogen-bond donors (Lipinski definition) is 1. The molecule has 2 fully saturated rings. The van der Waals surface area contributed by atoms with Gasteiger partial charge in [0.05, 0.1) is 5.69 Å². The molecular weight excluding hydrogens is 375 g/mol. The summed E-state index contributed by atoms with van der Waals surface area (Å²) in [6, 6.07) is 18.9. The van der Waals surface area contributed by atoms with Gasteiger partial charge in [-0.15, -0.1) is 0 Å². The Kier molecular flexibility index (Phi) is 5.56. The van der Waals surface area contributed by atoms with E-state index < -0.39 is 0 Å². The highest BCUT2D eigenvalue weighted by Crippen LogP contribution is 2.26. The molecule has 2 aromatic carbocycles. The van der Waals surface area contributed by atoms with Gasteiger partial charge in [0, 0.05) is 49.9 Å². The Labute approximate surface area is 177 Å². The Morgan fingerprint density at radius 1 is 1.03 bits per heavy atom. The first-order valence-corrected chi connectivity index (χ1v) is 10.9. The van der Waals surface area contributed by atoms with Crippen molar-refractivity contribution in [1.82, 2.24) is 20.2 Å². The van der Waals surface area contributed by atoms with Crippen molar-refractivity contribution < 1.29 is 4.39 Å². The molecule has 0 spiro atoms. The summed E-state index contributed by atoms with van der Waals surface area (Å²) >= 11 is 0. The van der Waals surface area contributed by atoms with E-state index in [1.165, 1.54) is 18.1 Å². The first kappa shape index (κ1) is 19.3. The van der Waals surface area contributed by atoms with E-state index in [1.807, 2.05) is 18.3 Å². The van der Waals surface area contributed by atoms with Gasteiger partial charge in [0.15, 0.2) is 0 Å². The molecule has 1 N–H and O–H groups in total. The molecule has 154 valence electrons. The van der Waals surface area contributed by atoms with E-state index in [1.54, 1.807) is 12.1 Å². The van der Waals surface area contributed by atoms with Gasteiger partial charge in [-0.1, -0.05) is 30.3 Å². The second-order valence-corrected chi connectivity index (χ2v) is 8.47. The van der Waals surface area contributed by atoms with E-state index in [4.69, 9.17) is 4.98 Å². The van der Waals surface area contributed by atoms with Crippen molar-refractivity contribution >= 4 is 0 Å². The van der Waals surface area contributed by atoms with Crippen LogP contribution in [-0.4, -0.2) is 40.0 Å². The number of halogens is 1. The number of nitrogens with zero attached hydrogens (tertiary/aromatic N) is 3. The lowest BCUT2D eigenvalue weighted by molar-refractivity contribution is 0.218. The molecule has 2 aliphatic heterocycles. The molecular formula is C25H27FN4. The van der Waals surface area contributed by atoms with E-state index in [2.05, 4.69) is 39.5 Å². The van der Waals surface area contributed by atoms with Crippen LogP contribution < -0.4 is 5.32 Å². The molecule has 3 aromatic rings. The molecule has 30 heavy (non-hydrogen) atoms. The Hall–Kier alpha value is -2.63. The Morgan fingerprint density at radius 3 is 2.77 bits per heavy atom. The molecule has 2 saturated heterocycles. The number of likely N-dealkylation sites (tertiary alicyclic amines) is 1. The van der Waals surface area contributed by atoms with Crippen LogP contribution >= 0.6 is 0 Å². The molecule has 0 radical (unpaired) electrons. The van der Waals surface area contributed by atoms with Crippen molar-refractivity contribution in [3.05, 3.63) is 83.6 Å². The predicted molar refractivity (Wildman–Crippen MR) is 116 cm³/mol. The molecule has 3 heterocycles. The molecule has 0 amide bonds. The van der Waals surface area contributed by atoms with Crippen LogP contribution in [0.1, 0.15) is 29.8 Å². The third kappa shape index (κ3) is 4.42. The maximum absolute atomic E-state index is 13.3. The molecule has 2 atom stereocenters. The average Bonchev–Trinajstić information content (AvgIpc) is 3.38. The van der Waals surface area contributed by atoms with E-state index in [0.717, 1.165) is 61.5 Å². The minimum atomic E-state index is -0.177. The van der Waals surface area contributed by atoms with Gasteiger partial charge in [0.1, 0.15) is 11.6 Å². The predicted octanol–water partition coefficient (Wildman–Crippen LogP) is 4.00. The van der Waals surface area contributed by atoms with Gasteiger partial charge in [0.2, 0.25) is 0 Å². The van der Waals surface area contributed by atoms with E-state index in [-0.39, 0.29) is 5.82 Å². The lowest BCUT2D eigenvalue weighted by Crippen LogP contribution is -2.42. The zero-order valence-electron chi connectivity index (χ0n) is 17.1. The third-order valence-electron chi connectivity index (χ3n) is 6.24. The maximum atomic E-state index is 13.3. The van der Waals surface area contributed by atoms with Gasteiger partial charge in [-0.25, -0.2) is 14.4 Å². The van der Waals surface area contributed by atoms with Gasteiger partial charge < -0.3 is 5.32 Å². The fourth-order valence-electron chi connectivity index (χ4n) is 4.73. The summed E-state index contributed by atoms with van der Waals surface area (Å²) in [5.74, 6) is 0.667. The van der Waals surface area contributed by atoms with Crippen LogP contribution in [0.5, 0.6) is 0 Å². The first-order chi connectivity index (χ1) is 14.7. The monoisotopic (exact) mass is 402 g/mol. The minimum absolute atomic E-state index is 0.177. The number of nitrogens with one attached hydrogen (secondary N) is 1. The van der Waals surface area contributed by atoms with E-state index in [0.29, 0.717) is 12.1 Å². The van der Waals surface area contributed by atoms with Crippen molar-refractivity contribution in [2.75, 3.05) is 13.1 Å². The summed E-state index contributed by atoms with van der Waals surface area (Å²) in [6.45, 7) is 3.27. The molecule has 2 bridgehead atoms. The zero-order valence-corrected chi connectivity index (χ0v) is 17.1. The molecule has 2 aliphatic rings. The summed E-state index contributed by atoms with van der Waals surface area (Å²) in [5.41, 5.74) is 4.47. The number of piperazine rings is 1. The summed E-state index contributed by atoms with van der Waals surface area (Å²) in [7, 11) is 0.